The summed E-state index contributed by atoms with van der Waals surface area (Å²) in [6.07, 6.45) is 1.45. The van der Waals surface area contributed by atoms with Gasteiger partial charge in [-0.1, -0.05) is 30.9 Å². The van der Waals surface area contributed by atoms with Crippen LogP contribution in [0.25, 0.3) is 0 Å². The minimum Gasteiger partial charge on any atom is -0.458 e. The SMILES string of the molecule is C=CCOC(=O)c1c(C)nc(C)nc1C(=O)N1CCN(C(=O)c2ccccc2)C(C)C1. The molecule has 0 N–H and O–H groups in total. The minimum absolute atomic E-state index is 0.0223. The summed E-state index contributed by atoms with van der Waals surface area (Å²) in [7, 11) is 0. The summed E-state index contributed by atoms with van der Waals surface area (Å²) in [6.45, 7) is 9.83. The Kier molecular flexibility index (Phi) is 6.79. The number of ether oxygens (including phenoxy) is 1. The lowest BCUT2D eigenvalue weighted by atomic mass is 10.1. The fourth-order valence-corrected chi connectivity index (χ4v) is 3.66. The molecule has 1 aromatic heterocycles. The second-order valence-corrected chi connectivity index (χ2v) is 7.43. The Morgan fingerprint density at radius 1 is 1.13 bits per heavy atom. The van der Waals surface area contributed by atoms with Gasteiger partial charge in [0.15, 0.2) is 0 Å². The predicted octanol–water partition coefficient (Wildman–Crippen LogP) is 2.42. The van der Waals surface area contributed by atoms with Crippen molar-refractivity contribution in [3.05, 3.63) is 71.3 Å². The number of rotatable bonds is 5. The molecule has 0 saturated carbocycles. The molecular weight excluding hydrogens is 396 g/mol. The lowest BCUT2D eigenvalue weighted by Crippen LogP contribution is -2.55. The average molecular weight is 422 g/mol. The molecule has 1 saturated heterocycles. The molecule has 1 unspecified atom stereocenters. The second-order valence-electron chi connectivity index (χ2n) is 7.43. The zero-order valence-corrected chi connectivity index (χ0v) is 18.0. The van der Waals surface area contributed by atoms with E-state index < -0.39 is 5.97 Å². The Morgan fingerprint density at radius 3 is 2.48 bits per heavy atom. The van der Waals surface area contributed by atoms with Gasteiger partial charge in [-0.2, -0.15) is 0 Å². The summed E-state index contributed by atoms with van der Waals surface area (Å²) >= 11 is 0. The van der Waals surface area contributed by atoms with E-state index in [1.807, 2.05) is 25.1 Å². The van der Waals surface area contributed by atoms with Crippen molar-refractivity contribution in [2.45, 2.75) is 26.8 Å². The molecule has 3 rings (SSSR count). The largest absolute Gasteiger partial charge is 0.458 e. The van der Waals surface area contributed by atoms with E-state index in [-0.39, 0.29) is 35.7 Å². The van der Waals surface area contributed by atoms with Crippen LogP contribution in [0.1, 0.15) is 49.6 Å². The minimum atomic E-state index is -0.660. The van der Waals surface area contributed by atoms with E-state index in [1.54, 1.807) is 35.8 Å². The lowest BCUT2D eigenvalue weighted by Gasteiger charge is -2.40. The van der Waals surface area contributed by atoms with Crippen LogP contribution < -0.4 is 0 Å². The Bertz CT molecular complexity index is 1010. The number of amides is 2. The summed E-state index contributed by atoms with van der Waals surface area (Å²) in [5.74, 6) is -0.709. The van der Waals surface area contributed by atoms with Crippen molar-refractivity contribution in [1.82, 2.24) is 19.8 Å². The standard InChI is InChI=1S/C23H26N4O4/c1-5-13-31-23(30)19-16(3)24-17(4)25-20(19)22(29)26-11-12-27(15(2)14-26)21(28)18-9-7-6-8-10-18/h5-10,15H,1,11-14H2,2-4H3. The lowest BCUT2D eigenvalue weighted by molar-refractivity contribution is 0.0406. The molecule has 162 valence electrons. The number of piperazine rings is 1. The highest BCUT2D eigenvalue weighted by Crippen LogP contribution is 2.19. The van der Waals surface area contributed by atoms with Crippen LogP contribution in [0.15, 0.2) is 43.0 Å². The molecule has 1 atom stereocenters. The molecule has 2 amide bonds. The highest BCUT2D eigenvalue weighted by molar-refractivity contribution is 6.04. The van der Waals surface area contributed by atoms with E-state index in [0.29, 0.717) is 36.7 Å². The van der Waals surface area contributed by atoms with Gasteiger partial charge in [0.1, 0.15) is 23.7 Å². The maximum Gasteiger partial charge on any atom is 0.342 e. The quantitative estimate of drug-likeness (QED) is 0.543. The maximum atomic E-state index is 13.3. The van der Waals surface area contributed by atoms with Crippen LogP contribution in [-0.4, -0.2) is 69.8 Å². The topological polar surface area (TPSA) is 92.7 Å². The summed E-state index contributed by atoms with van der Waals surface area (Å²) in [5, 5.41) is 0. The van der Waals surface area contributed by atoms with Crippen LogP contribution in [0, 0.1) is 13.8 Å². The molecule has 1 fully saturated rings. The van der Waals surface area contributed by atoms with Crippen molar-refractivity contribution in [2.75, 3.05) is 26.2 Å². The highest BCUT2D eigenvalue weighted by Gasteiger charge is 2.33. The van der Waals surface area contributed by atoms with Crippen LogP contribution in [0.3, 0.4) is 0 Å². The molecule has 2 aromatic rings. The number of aromatic nitrogens is 2. The average Bonchev–Trinajstić information content (AvgIpc) is 2.76. The predicted molar refractivity (Wildman–Crippen MR) is 115 cm³/mol. The highest BCUT2D eigenvalue weighted by atomic mass is 16.5. The van der Waals surface area contributed by atoms with Crippen LogP contribution in [-0.2, 0) is 4.74 Å². The third kappa shape index (κ3) is 4.79. The third-order valence-electron chi connectivity index (χ3n) is 5.14. The van der Waals surface area contributed by atoms with Gasteiger partial charge in [-0.15, -0.1) is 0 Å². The molecule has 0 bridgehead atoms. The molecular formula is C23H26N4O4. The number of hydrogen-bond acceptors (Lipinski definition) is 6. The Hall–Kier alpha value is -3.55. The van der Waals surface area contributed by atoms with Gasteiger partial charge in [0.2, 0.25) is 0 Å². The Labute approximate surface area is 181 Å². The zero-order chi connectivity index (χ0) is 22.5. The number of benzene rings is 1. The molecule has 8 nitrogen and oxygen atoms in total. The number of carbonyl (C=O) groups is 3. The van der Waals surface area contributed by atoms with E-state index in [1.165, 1.54) is 6.08 Å². The van der Waals surface area contributed by atoms with E-state index in [4.69, 9.17) is 4.74 Å². The first-order chi connectivity index (χ1) is 14.8. The van der Waals surface area contributed by atoms with Gasteiger partial charge in [-0.05, 0) is 32.9 Å². The van der Waals surface area contributed by atoms with Crippen molar-refractivity contribution in [3.8, 4) is 0 Å². The van der Waals surface area contributed by atoms with Crippen molar-refractivity contribution in [2.24, 2.45) is 0 Å². The first-order valence-corrected chi connectivity index (χ1v) is 10.1. The van der Waals surface area contributed by atoms with Crippen molar-refractivity contribution in [3.63, 3.8) is 0 Å². The van der Waals surface area contributed by atoms with Gasteiger partial charge in [0.25, 0.3) is 11.8 Å². The van der Waals surface area contributed by atoms with Crippen LogP contribution in [0.5, 0.6) is 0 Å². The summed E-state index contributed by atoms with van der Waals surface area (Å²) in [5.41, 5.74) is 1.08. The van der Waals surface area contributed by atoms with E-state index >= 15 is 0 Å². The molecule has 0 radical (unpaired) electrons. The summed E-state index contributed by atoms with van der Waals surface area (Å²) < 4.78 is 5.13. The molecule has 1 aliphatic heterocycles. The molecule has 8 heteroatoms. The first-order valence-electron chi connectivity index (χ1n) is 10.1. The van der Waals surface area contributed by atoms with E-state index in [9.17, 15) is 14.4 Å². The fraction of sp³-hybridized carbons (Fsp3) is 0.348. The summed E-state index contributed by atoms with van der Waals surface area (Å²) in [4.78, 5) is 50.5. The number of hydrogen-bond donors (Lipinski definition) is 0. The molecule has 0 aliphatic carbocycles. The van der Waals surface area contributed by atoms with Crippen LogP contribution in [0.4, 0.5) is 0 Å². The fourth-order valence-electron chi connectivity index (χ4n) is 3.66. The molecule has 1 aromatic carbocycles. The van der Waals surface area contributed by atoms with Crippen LogP contribution >= 0.6 is 0 Å². The number of aryl methyl sites for hydroxylation is 2. The maximum absolute atomic E-state index is 13.3. The molecule has 0 spiro atoms. The van der Waals surface area contributed by atoms with Crippen molar-refractivity contribution < 1.29 is 19.1 Å². The smallest absolute Gasteiger partial charge is 0.342 e. The zero-order valence-electron chi connectivity index (χ0n) is 18.0. The number of esters is 1. The number of carbonyl (C=O) groups excluding carboxylic acids is 3. The van der Waals surface area contributed by atoms with E-state index in [0.717, 1.165) is 0 Å². The molecule has 2 heterocycles. The van der Waals surface area contributed by atoms with Gasteiger partial charge < -0.3 is 14.5 Å². The molecule has 1 aliphatic rings. The van der Waals surface area contributed by atoms with Gasteiger partial charge in [-0.25, -0.2) is 14.8 Å². The van der Waals surface area contributed by atoms with Crippen LogP contribution in [0.2, 0.25) is 0 Å². The molecule has 31 heavy (non-hydrogen) atoms. The monoisotopic (exact) mass is 422 g/mol. The Morgan fingerprint density at radius 2 is 1.84 bits per heavy atom. The van der Waals surface area contributed by atoms with E-state index in [2.05, 4.69) is 16.5 Å². The van der Waals surface area contributed by atoms with Gasteiger partial charge in [-0.3, -0.25) is 9.59 Å². The Balaban J connectivity index is 1.81. The van der Waals surface area contributed by atoms with Crippen molar-refractivity contribution in [1.29, 1.82) is 0 Å². The third-order valence-corrected chi connectivity index (χ3v) is 5.14. The normalized spacial score (nSPS) is 16.0. The van der Waals surface area contributed by atoms with Gasteiger partial charge in [0.05, 0.1) is 5.69 Å². The second kappa shape index (κ2) is 9.51. The van der Waals surface area contributed by atoms with Crippen molar-refractivity contribution >= 4 is 17.8 Å². The number of nitrogens with zero attached hydrogens (tertiary/aromatic N) is 4. The van der Waals surface area contributed by atoms with Gasteiger partial charge >= 0.3 is 5.97 Å². The summed E-state index contributed by atoms with van der Waals surface area (Å²) in [6, 6.07) is 8.88. The first kappa shape index (κ1) is 22.1. The van der Waals surface area contributed by atoms with Gasteiger partial charge in [0, 0.05) is 31.2 Å².